The lowest BCUT2D eigenvalue weighted by Gasteiger charge is -2.24. The van der Waals surface area contributed by atoms with Gasteiger partial charge in [0, 0.05) is 12.5 Å². The molecule has 0 amide bonds. The van der Waals surface area contributed by atoms with Gasteiger partial charge in [0.1, 0.15) is 6.17 Å². The fourth-order valence-corrected chi connectivity index (χ4v) is 1.41. The molecule has 1 aliphatic heterocycles. The van der Waals surface area contributed by atoms with Gasteiger partial charge in [-0.3, -0.25) is 4.79 Å². The summed E-state index contributed by atoms with van der Waals surface area (Å²) < 4.78 is 22.8. The molecule has 2 atom stereocenters. The minimum atomic E-state index is -1.02. The topological polar surface area (TPSA) is 35.5 Å². The number of alkyl halides is 1. The Morgan fingerprint density at radius 1 is 1.69 bits per heavy atom. The molecule has 0 unspecified atom stereocenters. The van der Waals surface area contributed by atoms with E-state index in [1.807, 2.05) is 0 Å². The van der Waals surface area contributed by atoms with E-state index in [0.29, 0.717) is 19.6 Å². The summed E-state index contributed by atoms with van der Waals surface area (Å²) in [5.41, 5.74) is 0. The van der Waals surface area contributed by atoms with E-state index in [-0.39, 0.29) is 24.9 Å². The maximum atomic E-state index is 13.1. The third-order valence-corrected chi connectivity index (χ3v) is 2.16. The largest absolute Gasteiger partial charge is 0.466 e. The van der Waals surface area contributed by atoms with Gasteiger partial charge in [0.05, 0.1) is 19.6 Å². The van der Waals surface area contributed by atoms with Gasteiger partial charge in [0.25, 0.3) is 0 Å². The zero-order valence-electron chi connectivity index (χ0n) is 7.79. The molecule has 0 aromatic carbocycles. The molecular weight excluding hydrogens is 175 g/mol. The Morgan fingerprint density at radius 2 is 2.46 bits per heavy atom. The molecule has 0 bridgehead atoms. The van der Waals surface area contributed by atoms with Gasteiger partial charge in [-0.1, -0.05) is 0 Å². The molecule has 0 spiro atoms. The van der Waals surface area contributed by atoms with Gasteiger partial charge >= 0.3 is 5.97 Å². The van der Waals surface area contributed by atoms with Crippen LogP contribution in [0.25, 0.3) is 0 Å². The molecule has 4 heteroatoms. The summed E-state index contributed by atoms with van der Waals surface area (Å²) in [4.78, 5) is 11.0. The van der Waals surface area contributed by atoms with Crippen LogP contribution in [0.3, 0.4) is 0 Å². The first-order chi connectivity index (χ1) is 6.24. The van der Waals surface area contributed by atoms with Crippen molar-refractivity contribution in [1.82, 2.24) is 0 Å². The van der Waals surface area contributed by atoms with Gasteiger partial charge in [-0.25, -0.2) is 4.39 Å². The van der Waals surface area contributed by atoms with Crippen LogP contribution in [0.2, 0.25) is 0 Å². The molecule has 0 aliphatic carbocycles. The maximum absolute atomic E-state index is 13.1. The molecule has 0 saturated carbocycles. The van der Waals surface area contributed by atoms with Crippen molar-refractivity contribution in [2.45, 2.75) is 25.9 Å². The fraction of sp³-hybridized carbons (Fsp3) is 0.889. The quantitative estimate of drug-likeness (QED) is 0.629. The third kappa shape index (κ3) is 3.30. The monoisotopic (exact) mass is 190 g/mol. The van der Waals surface area contributed by atoms with Crippen molar-refractivity contribution in [3.05, 3.63) is 0 Å². The lowest BCUT2D eigenvalue weighted by atomic mass is 9.95. The van der Waals surface area contributed by atoms with E-state index in [1.165, 1.54) is 0 Å². The normalized spacial score (nSPS) is 28.5. The number of carbonyl (C=O) groups excluding carboxylic acids is 1. The van der Waals surface area contributed by atoms with Crippen molar-refractivity contribution in [2.24, 2.45) is 5.92 Å². The number of hydrogen-bond acceptors (Lipinski definition) is 3. The van der Waals surface area contributed by atoms with Crippen molar-refractivity contribution in [1.29, 1.82) is 0 Å². The van der Waals surface area contributed by atoms with E-state index in [1.54, 1.807) is 6.92 Å². The summed E-state index contributed by atoms with van der Waals surface area (Å²) in [5, 5.41) is 0. The summed E-state index contributed by atoms with van der Waals surface area (Å²) in [5.74, 6) is -0.523. The van der Waals surface area contributed by atoms with Crippen LogP contribution in [0.15, 0.2) is 0 Å². The molecule has 0 N–H and O–H groups in total. The van der Waals surface area contributed by atoms with E-state index < -0.39 is 6.17 Å². The van der Waals surface area contributed by atoms with E-state index >= 15 is 0 Å². The number of ether oxygens (including phenoxy) is 2. The van der Waals surface area contributed by atoms with Crippen LogP contribution in [0.1, 0.15) is 19.8 Å². The van der Waals surface area contributed by atoms with Crippen LogP contribution in [-0.4, -0.2) is 32.0 Å². The molecule has 0 radical (unpaired) electrons. The predicted molar refractivity (Wildman–Crippen MR) is 45.1 cm³/mol. The number of halogens is 1. The standard InChI is InChI=1S/C9H15FO3/c1-2-13-9(11)5-7-3-4-12-6-8(7)10/h7-8H,2-6H2,1H3/t7-,8-/m0/s1. The van der Waals surface area contributed by atoms with Gasteiger partial charge in [-0.05, 0) is 13.3 Å². The van der Waals surface area contributed by atoms with Crippen LogP contribution in [0, 0.1) is 5.92 Å². The molecule has 1 aliphatic rings. The molecule has 76 valence electrons. The molecule has 13 heavy (non-hydrogen) atoms. The highest BCUT2D eigenvalue weighted by Crippen LogP contribution is 2.22. The fourth-order valence-electron chi connectivity index (χ4n) is 1.41. The predicted octanol–water partition coefficient (Wildman–Crippen LogP) is 1.31. The Morgan fingerprint density at radius 3 is 3.08 bits per heavy atom. The van der Waals surface area contributed by atoms with Crippen molar-refractivity contribution in [2.75, 3.05) is 19.8 Å². The molecule has 1 saturated heterocycles. The maximum Gasteiger partial charge on any atom is 0.306 e. The number of esters is 1. The van der Waals surface area contributed by atoms with Gasteiger partial charge in [-0.15, -0.1) is 0 Å². The Bertz CT molecular complexity index is 172. The average molecular weight is 190 g/mol. The minimum absolute atomic E-state index is 0.115. The summed E-state index contributed by atoms with van der Waals surface area (Å²) in [6.45, 7) is 2.77. The summed E-state index contributed by atoms with van der Waals surface area (Å²) in [6, 6.07) is 0. The molecule has 1 rings (SSSR count). The molecule has 1 heterocycles. The highest BCUT2D eigenvalue weighted by Gasteiger charge is 2.27. The lowest BCUT2D eigenvalue weighted by molar-refractivity contribution is -0.146. The van der Waals surface area contributed by atoms with Crippen LogP contribution < -0.4 is 0 Å². The van der Waals surface area contributed by atoms with Crippen molar-refractivity contribution in [3.63, 3.8) is 0 Å². The van der Waals surface area contributed by atoms with Gasteiger partial charge in [0.2, 0.25) is 0 Å². The van der Waals surface area contributed by atoms with Crippen molar-refractivity contribution in [3.8, 4) is 0 Å². The molecule has 1 fully saturated rings. The smallest absolute Gasteiger partial charge is 0.306 e. The van der Waals surface area contributed by atoms with Crippen molar-refractivity contribution >= 4 is 5.97 Å². The SMILES string of the molecule is CCOC(=O)C[C@@H]1CCOC[C@@H]1F. The van der Waals surface area contributed by atoms with Gasteiger partial charge in [-0.2, -0.15) is 0 Å². The summed E-state index contributed by atoms with van der Waals surface area (Å²) >= 11 is 0. The number of rotatable bonds is 3. The Kier molecular flexibility index (Phi) is 4.15. The second kappa shape index (κ2) is 5.17. The molecular formula is C9H15FO3. The van der Waals surface area contributed by atoms with Crippen LogP contribution in [-0.2, 0) is 14.3 Å². The summed E-state index contributed by atoms with van der Waals surface area (Å²) in [7, 11) is 0. The Labute approximate surface area is 77.2 Å². The Hall–Kier alpha value is -0.640. The minimum Gasteiger partial charge on any atom is -0.466 e. The zero-order valence-corrected chi connectivity index (χ0v) is 7.79. The van der Waals surface area contributed by atoms with Crippen LogP contribution in [0.5, 0.6) is 0 Å². The van der Waals surface area contributed by atoms with Gasteiger partial charge < -0.3 is 9.47 Å². The van der Waals surface area contributed by atoms with E-state index in [2.05, 4.69) is 0 Å². The van der Waals surface area contributed by atoms with Crippen LogP contribution in [0.4, 0.5) is 4.39 Å². The second-order valence-electron chi connectivity index (χ2n) is 3.15. The lowest BCUT2D eigenvalue weighted by Crippen LogP contribution is -2.31. The van der Waals surface area contributed by atoms with E-state index in [4.69, 9.17) is 9.47 Å². The molecule has 0 aromatic rings. The van der Waals surface area contributed by atoms with E-state index in [0.717, 1.165) is 0 Å². The van der Waals surface area contributed by atoms with Gasteiger partial charge in [0.15, 0.2) is 0 Å². The molecule has 0 aromatic heterocycles. The van der Waals surface area contributed by atoms with Crippen molar-refractivity contribution < 1.29 is 18.7 Å². The number of carbonyl (C=O) groups is 1. The first-order valence-electron chi connectivity index (χ1n) is 4.61. The second-order valence-corrected chi connectivity index (χ2v) is 3.15. The highest BCUT2D eigenvalue weighted by molar-refractivity contribution is 5.69. The first kappa shape index (κ1) is 10.4. The van der Waals surface area contributed by atoms with Crippen LogP contribution >= 0.6 is 0 Å². The number of hydrogen-bond donors (Lipinski definition) is 0. The zero-order chi connectivity index (χ0) is 9.68. The molecule has 3 nitrogen and oxygen atoms in total. The highest BCUT2D eigenvalue weighted by atomic mass is 19.1. The third-order valence-electron chi connectivity index (χ3n) is 2.16. The summed E-state index contributed by atoms with van der Waals surface area (Å²) in [6.07, 6.45) is -0.226. The van der Waals surface area contributed by atoms with E-state index in [9.17, 15) is 9.18 Å². The first-order valence-corrected chi connectivity index (χ1v) is 4.61. The average Bonchev–Trinajstić information content (AvgIpc) is 2.09. The Balaban J connectivity index is 2.29.